The Kier molecular flexibility index (Phi) is 8.77. The maximum absolute atomic E-state index is 11.6. The minimum atomic E-state index is -0.0423. The largest absolute Gasteiger partial charge is 0.351 e. The van der Waals surface area contributed by atoms with Crippen LogP contribution in [-0.2, 0) is 0 Å². The smallest absolute Gasteiger partial charge is 0.227 e. The van der Waals surface area contributed by atoms with Crippen LogP contribution >= 0.6 is 11.6 Å². The highest BCUT2D eigenvalue weighted by molar-refractivity contribution is 6.35. The fourth-order valence-corrected chi connectivity index (χ4v) is 5.47. The fourth-order valence-electron chi connectivity index (χ4n) is 5.20. The number of fused-ring (bicyclic) bond motifs is 1. The monoisotopic (exact) mass is 520 g/mol. The number of likely N-dealkylation sites (tertiary alicyclic amines) is 1. The highest BCUT2D eigenvalue weighted by Gasteiger charge is 2.43. The van der Waals surface area contributed by atoms with Gasteiger partial charge in [-0.2, -0.15) is 0 Å². The Morgan fingerprint density at radius 3 is 2.65 bits per heavy atom. The second-order valence-corrected chi connectivity index (χ2v) is 10.4. The average Bonchev–Trinajstić information content (AvgIpc) is 3.53. The van der Waals surface area contributed by atoms with E-state index in [0.29, 0.717) is 16.7 Å². The third-order valence-corrected chi connectivity index (χ3v) is 7.45. The molecular weight excluding hydrogens is 484 g/mol. The van der Waals surface area contributed by atoms with Crippen molar-refractivity contribution < 1.29 is 4.79 Å². The zero-order chi connectivity index (χ0) is 26.4. The number of nitrogens with one attached hydrogen (secondary N) is 2. The lowest BCUT2D eigenvalue weighted by Gasteiger charge is -2.48. The molecule has 2 fully saturated rings. The first kappa shape index (κ1) is 27.0. The molecule has 7 nitrogen and oxygen atoms in total. The minimum absolute atomic E-state index is 0.0423. The van der Waals surface area contributed by atoms with Gasteiger partial charge in [0.25, 0.3) is 0 Å². The Balaban J connectivity index is 0.000000265. The zero-order valence-corrected chi connectivity index (χ0v) is 23.0. The number of halogens is 1. The predicted octanol–water partition coefficient (Wildman–Crippen LogP) is 7.28. The number of hydrogen-bond acceptors (Lipinski definition) is 6. The summed E-state index contributed by atoms with van der Waals surface area (Å²) in [6.45, 7) is 11.8. The maximum atomic E-state index is 11.6. The Labute approximate surface area is 224 Å². The number of anilines is 2. The summed E-state index contributed by atoms with van der Waals surface area (Å²) in [7, 11) is 0. The molecule has 0 amide bonds. The van der Waals surface area contributed by atoms with E-state index in [1.54, 1.807) is 18.3 Å². The van der Waals surface area contributed by atoms with Gasteiger partial charge in [-0.25, -0.2) is 9.97 Å². The van der Waals surface area contributed by atoms with Crippen LogP contribution in [0.1, 0.15) is 76.0 Å². The van der Waals surface area contributed by atoms with E-state index in [9.17, 15) is 4.79 Å². The second-order valence-electron chi connectivity index (χ2n) is 9.96. The van der Waals surface area contributed by atoms with E-state index in [1.807, 2.05) is 38.3 Å². The molecular formula is C29H37ClN6O. The molecule has 196 valence electrons. The molecule has 0 bridgehead atoms. The van der Waals surface area contributed by atoms with Crippen LogP contribution in [0.25, 0.3) is 16.6 Å². The van der Waals surface area contributed by atoms with E-state index in [0.717, 1.165) is 39.8 Å². The van der Waals surface area contributed by atoms with E-state index >= 15 is 0 Å². The average molecular weight is 521 g/mol. The van der Waals surface area contributed by atoms with Gasteiger partial charge in [-0.3, -0.25) is 9.79 Å². The first-order chi connectivity index (χ1) is 17.9. The summed E-state index contributed by atoms with van der Waals surface area (Å²) in [5.74, 6) is 0.399. The van der Waals surface area contributed by atoms with Crippen LogP contribution in [0.3, 0.4) is 0 Å². The van der Waals surface area contributed by atoms with E-state index in [-0.39, 0.29) is 5.78 Å². The second kappa shape index (κ2) is 12.0. The van der Waals surface area contributed by atoms with Crippen molar-refractivity contribution in [2.75, 3.05) is 25.0 Å². The quantitative estimate of drug-likeness (QED) is 0.252. The Bertz CT molecular complexity index is 1300. The Morgan fingerprint density at radius 2 is 2.00 bits per heavy atom. The number of Topliss-reactive ketones (excluding diaryl/α,β-unsaturated/α-hetero) is 1. The minimum Gasteiger partial charge on any atom is -0.351 e. The van der Waals surface area contributed by atoms with Crippen LogP contribution in [0, 0.1) is 5.41 Å². The van der Waals surface area contributed by atoms with Crippen LogP contribution in [0.4, 0.5) is 11.6 Å². The molecule has 1 aromatic carbocycles. The van der Waals surface area contributed by atoms with Crippen LogP contribution < -0.4 is 5.32 Å². The summed E-state index contributed by atoms with van der Waals surface area (Å²) in [6.07, 6.45) is 12.3. The number of H-pyrrole nitrogens is 1. The van der Waals surface area contributed by atoms with Crippen molar-refractivity contribution in [1.29, 1.82) is 0 Å². The van der Waals surface area contributed by atoms with Gasteiger partial charge in [-0.15, -0.1) is 0 Å². The highest BCUT2D eigenvalue weighted by Crippen LogP contribution is 2.45. The standard InChI is InChI=1S/C20H20ClN5O.C9H17N/c1-4-7-22-16(5-2)17-6-8-23-20(26-17)24-14-9-13-10-18(12(3)27)25-19(13)15(21)11-14;1-2-10-7-9(8-10)5-3-4-6-9/h5-11,25H,4H2,1-3H3,(H,23,24,26);2-8H2,1H3/b16-5-,22-7?;. The number of ketones is 1. The van der Waals surface area contributed by atoms with Gasteiger partial charge in [0.15, 0.2) is 5.78 Å². The molecule has 3 heterocycles. The molecule has 0 unspecified atom stereocenters. The summed E-state index contributed by atoms with van der Waals surface area (Å²) < 4.78 is 0. The summed E-state index contributed by atoms with van der Waals surface area (Å²) in [6, 6.07) is 7.26. The van der Waals surface area contributed by atoms with Gasteiger partial charge in [0, 0.05) is 43.5 Å². The number of aromatic nitrogens is 3. The van der Waals surface area contributed by atoms with Gasteiger partial charge in [-0.05, 0) is 62.4 Å². The summed E-state index contributed by atoms with van der Waals surface area (Å²) in [5, 5.41) is 4.52. The molecule has 2 aromatic heterocycles. The number of carbonyl (C=O) groups excluding carboxylic acids is 1. The van der Waals surface area contributed by atoms with E-state index in [2.05, 4.69) is 37.1 Å². The predicted molar refractivity (Wildman–Crippen MR) is 154 cm³/mol. The molecule has 2 N–H and O–H groups in total. The van der Waals surface area contributed by atoms with Crippen LogP contribution in [0.15, 0.2) is 41.5 Å². The molecule has 0 radical (unpaired) electrons. The maximum Gasteiger partial charge on any atom is 0.227 e. The van der Waals surface area contributed by atoms with Crippen LogP contribution in [0.2, 0.25) is 5.02 Å². The number of aromatic amines is 1. The number of rotatable bonds is 7. The van der Waals surface area contributed by atoms with Crippen molar-refractivity contribution >= 4 is 51.8 Å². The van der Waals surface area contributed by atoms with Crippen LogP contribution in [0.5, 0.6) is 0 Å². The van der Waals surface area contributed by atoms with Crippen molar-refractivity contribution in [3.8, 4) is 0 Å². The van der Waals surface area contributed by atoms with Crippen LogP contribution in [-0.4, -0.2) is 51.5 Å². The first-order valence-corrected chi connectivity index (χ1v) is 13.6. The van der Waals surface area contributed by atoms with E-state index < -0.39 is 0 Å². The van der Waals surface area contributed by atoms with Crippen molar-refractivity contribution in [2.24, 2.45) is 10.4 Å². The molecule has 3 aromatic rings. The van der Waals surface area contributed by atoms with Crippen molar-refractivity contribution in [3.63, 3.8) is 0 Å². The highest BCUT2D eigenvalue weighted by atomic mass is 35.5. The van der Waals surface area contributed by atoms with Crippen molar-refractivity contribution in [1.82, 2.24) is 19.9 Å². The lowest BCUT2D eigenvalue weighted by Crippen LogP contribution is -2.54. The molecule has 0 atom stereocenters. The Hall–Kier alpha value is -3.03. The Morgan fingerprint density at radius 1 is 1.24 bits per heavy atom. The SMILES string of the molecule is C/C=C(\N=CCC)c1ccnc(Nc2cc(Cl)c3[nH]c(C(C)=O)cc3c2)n1.CCN1CC2(CCCC2)C1. The number of benzene rings is 1. The van der Waals surface area contributed by atoms with Gasteiger partial charge >= 0.3 is 0 Å². The molecule has 5 rings (SSSR count). The third kappa shape index (κ3) is 6.46. The molecule has 2 aliphatic rings. The molecule has 1 aliphatic heterocycles. The molecule has 1 aliphatic carbocycles. The zero-order valence-electron chi connectivity index (χ0n) is 22.3. The number of aliphatic imine (C=N–C) groups is 1. The lowest BCUT2D eigenvalue weighted by atomic mass is 9.78. The number of hydrogen-bond donors (Lipinski definition) is 2. The fraction of sp³-hybridized carbons (Fsp3) is 0.448. The number of allylic oxidation sites excluding steroid dienone is 1. The molecule has 37 heavy (non-hydrogen) atoms. The summed E-state index contributed by atoms with van der Waals surface area (Å²) >= 11 is 6.36. The molecule has 1 spiro atoms. The summed E-state index contributed by atoms with van der Waals surface area (Å²) in [4.78, 5) is 30.4. The van der Waals surface area contributed by atoms with E-state index in [4.69, 9.17) is 11.6 Å². The van der Waals surface area contributed by atoms with Gasteiger partial charge in [0.1, 0.15) is 0 Å². The molecule has 8 heteroatoms. The van der Waals surface area contributed by atoms with Gasteiger partial charge < -0.3 is 15.2 Å². The third-order valence-electron chi connectivity index (χ3n) is 7.15. The van der Waals surface area contributed by atoms with Gasteiger partial charge in [0.05, 0.1) is 27.6 Å². The number of carbonyl (C=O) groups is 1. The number of nitrogens with zero attached hydrogens (tertiary/aromatic N) is 4. The lowest BCUT2D eigenvalue weighted by molar-refractivity contribution is 0.0108. The first-order valence-electron chi connectivity index (χ1n) is 13.2. The van der Waals surface area contributed by atoms with Crippen molar-refractivity contribution in [3.05, 3.63) is 52.9 Å². The summed E-state index contributed by atoms with van der Waals surface area (Å²) in [5.41, 5.74) is 4.31. The van der Waals surface area contributed by atoms with E-state index in [1.165, 1.54) is 52.2 Å². The molecule has 1 saturated carbocycles. The van der Waals surface area contributed by atoms with Crippen molar-refractivity contribution in [2.45, 2.75) is 59.8 Å². The van der Waals surface area contributed by atoms with Gasteiger partial charge in [0.2, 0.25) is 5.95 Å². The normalized spacial score (nSPS) is 17.2. The topological polar surface area (TPSA) is 86.3 Å². The van der Waals surface area contributed by atoms with Gasteiger partial charge in [-0.1, -0.05) is 44.4 Å². The molecule has 1 saturated heterocycles.